The molecule has 0 saturated carbocycles. The lowest BCUT2D eigenvalue weighted by Crippen LogP contribution is -2.47. The molecule has 0 amide bonds. The summed E-state index contributed by atoms with van der Waals surface area (Å²) in [5, 5.41) is 9.37. The Balaban J connectivity index is 2.10. The summed E-state index contributed by atoms with van der Waals surface area (Å²) < 4.78 is 4.65. The zero-order valence-electron chi connectivity index (χ0n) is 11.8. The number of nitrogens with zero attached hydrogens (tertiary/aromatic N) is 1. The molecule has 5 nitrogen and oxygen atoms in total. The number of likely N-dealkylation sites (tertiary alicyclic amines) is 1. The number of rotatable bonds is 4. The Hall–Kier alpha value is -1.88. The Morgan fingerprint density at radius 2 is 2.00 bits per heavy atom. The van der Waals surface area contributed by atoms with Crippen LogP contribution in [-0.2, 0) is 16.1 Å². The number of carbonyl (C=O) groups is 2. The SMILES string of the molecule is COC(=O)c1ccc(CN2CCCC2(C)C(=O)O)cc1. The van der Waals surface area contributed by atoms with E-state index in [1.165, 1.54) is 7.11 Å². The molecule has 1 fully saturated rings. The lowest BCUT2D eigenvalue weighted by molar-refractivity contribution is -0.148. The summed E-state index contributed by atoms with van der Waals surface area (Å²) in [6.45, 7) is 3.12. The molecule has 1 saturated heterocycles. The van der Waals surface area contributed by atoms with E-state index in [1.807, 2.05) is 17.0 Å². The van der Waals surface area contributed by atoms with Gasteiger partial charge in [-0.15, -0.1) is 0 Å². The first-order valence-electron chi connectivity index (χ1n) is 6.63. The number of aliphatic carboxylic acids is 1. The van der Waals surface area contributed by atoms with E-state index in [4.69, 9.17) is 0 Å². The Labute approximate surface area is 118 Å². The van der Waals surface area contributed by atoms with Crippen LogP contribution in [0.25, 0.3) is 0 Å². The largest absolute Gasteiger partial charge is 0.480 e. The van der Waals surface area contributed by atoms with Crippen LogP contribution >= 0.6 is 0 Å². The van der Waals surface area contributed by atoms with Gasteiger partial charge in [-0.3, -0.25) is 9.69 Å². The highest BCUT2D eigenvalue weighted by molar-refractivity contribution is 5.89. The van der Waals surface area contributed by atoms with Crippen LogP contribution in [0.5, 0.6) is 0 Å². The second-order valence-electron chi connectivity index (χ2n) is 5.29. The van der Waals surface area contributed by atoms with Gasteiger partial charge >= 0.3 is 11.9 Å². The van der Waals surface area contributed by atoms with E-state index >= 15 is 0 Å². The van der Waals surface area contributed by atoms with E-state index in [0.717, 1.165) is 18.5 Å². The molecule has 1 aromatic rings. The standard InChI is InChI=1S/C15H19NO4/c1-15(14(18)19)8-3-9-16(15)10-11-4-6-12(7-5-11)13(17)20-2/h4-7H,3,8-10H2,1-2H3,(H,18,19). The number of ether oxygens (including phenoxy) is 1. The average molecular weight is 277 g/mol. The van der Waals surface area contributed by atoms with Crippen LogP contribution < -0.4 is 0 Å². The molecule has 1 N–H and O–H groups in total. The molecule has 1 aliphatic rings. The Bertz CT molecular complexity index is 511. The van der Waals surface area contributed by atoms with Crippen molar-refractivity contribution in [1.29, 1.82) is 0 Å². The monoisotopic (exact) mass is 277 g/mol. The lowest BCUT2D eigenvalue weighted by Gasteiger charge is -2.31. The smallest absolute Gasteiger partial charge is 0.337 e. The van der Waals surface area contributed by atoms with Crippen molar-refractivity contribution < 1.29 is 19.4 Å². The molecule has 5 heteroatoms. The molecule has 0 spiro atoms. The number of benzene rings is 1. The second kappa shape index (κ2) is 5.63. The molecule has 0 radical (unpaired) electrons. The minimum absolute atomic E-state index is 0.368. The topological polar surface area (TPSA) is 66.8 Å². The van der Waals surface area contributed by atoms with Crippen LogP contribution in [-0.4, -0.2) is 41.1 Å². The Morgan fingerprint density at radius 1 is 1.35 bits per heavy atom. The number of carbonyl (C=O) groups excluding carboxylic acids is 1. The van der Waals surface area contributed by atoms with Gasteiger partial charge in [0.05, 0.1) is 12.7 Å². The summed E-state index contributed by atoms with van der Waals surface area (Å²) in [4.78, 5) is 24.7. The van der Waals surface area contributed by atoms with Crippen LogP contribution in [0.15, 0.2) is 24.3 Å². The van der Waals surface area contributed by atoms with Crippen molar-refractivity contribution in [2.75, 3.05) is 13.7 Å². The van der Waals surface area contributed by atoms with Crippen LogP contribution in [0.3, 0.4) is 0 Å². The molecule has 108 valence electrons. The summed E-state index contributed by atoms with van der Waals surface area (Å²) in [6.07, 6.45) is 1.56. The van der Waals surface area contributed by atoms with Gasteiger partial charge in [-0.2, -0.15) is 0 Å². The molecule has 1 unspecified atom stereocenters. The fourth-order valence-electron chi connectivity index (χ4n) is 2.60. The van der Waals surface area contributed by atoms with Crippen molar-refractivity contribution in [2.24, 2.45) is 0 Å². The third-order valence-electron chi connectivity index (χ3n) is 4.00. The zero-order valence-corrected chi connectivity index (χ0v) is 11.8. The van der Waals surface area contributed by atoms with Gasteiger partial charge in [0.2, 0.25) is 0 Å². The van der Waals surface area contributed by atoms with E-state index in [-0.39, 0.29) is 5.97 Å². The maximum Gasteiger partial charge on any atom is 0.337 e. The van der Waals surface area contributed by atoms with Gasteiger partial charge < -0.3 is 9.84 Å². The van der Waals surface area contributed by atoms with E-state index < -0.39 is 11.5 Å². The van der Waals surface area contributed by atoms with Crippen LogP contribution in [0, 0.1) is 0 Å². The molecule has 0 aromatic heterocycles. The lowest BCUT2D eigenvalue weighted by atomic mass is 9.98. The van der Waals surface area contributed by atoms with Crippen molar-refractivity contribution in [3.63, 3.8) is 0 Å². The highest BCUT2D eigenvalue weighted by atomic mass is 16.5. The van der Waals surface area contributed by atoms with Crippen LogP contribution in [0.4, 0.5) is 0 Å². The first-order chi connectivity index (χ1) is 9.47. The van der Waals surface area contributed by atoms with E-state index in [2.05, 4.69) is 4.74 Å². The van der Waals surface area contributed by atoms with E-state index in [1.54, 1.807) is 19.1 Å². The van der Waals surface area contributed by atoms with Crippen LogP contribution in [0.1, 0.15) is 35.7 Å². The normalized spacial score (nSPS) is 22.7. The minimum Gasteiger partial charge on any atom is -0.480 e. The second-order valence-corrected chi connectivity index (χ2v) is 5.29. The van der Waals surface area contributed by atoms with Gasteiger partial charge in [0.25, 0.3) is 0 Å². The van der Waals surface area contributed by atoms with E-state index in [0.29, 0.717) is 18.5 Å². The predicted molar refractivity (Wildman–Crippen MR) is 73.5 cm³/mol. The number of hydrogen-bond acceptors (Lipinski definition) is 4. The summed E-state index contributed by atoms with van der Waals surface area (Å²) in [5.74, 6) is -1.14. The third kappa shape index (κ3) is 2.67. The molecule has 1 atom stereocenters. The molecule has 0 aliphatic carbocycles. The fraction of sp³-hybridized carbons (Fsp3) is 0.467. The molecule has 20 heavy (non-hydrogen) atoms. The van der Waals surface area contributed by atoms with Gasteiger partial charge in [0.15, 0.2) is 0 Å². The number of hydrogen-bond donors (Lipinski definition) is 1. The average Bonchev–Trinajstić information content (AvgIpc) is 2.81. The fourth-order valence-corrected chi connectivity index (χ4v) is 2.60. The zero-order chi connectivity index (χ0) is 14.8. The molecule has 1 heterocycles. The number of carboxylic acids is 1. The highest BCUT2D eigenvalue weighted by Gasteiger charge is 2.43. The maximum absolute atomic E-state index is 11.4. The molecular weight excluding hydrogens is 258 g/mol. The van der Waals surface area contributed by atoms with Crippen molar-refractivity contribution >= 4 is 11.9 Å². The number of methoxy groups -OCH3 is 1. The van der Waals surface area contributed by atoms with Gasteiger partial charge in [0.1, 0.15) is 5.54 Å². The molecular formula is C15H19NO4. The quantitative estimate of drug-likeness (QED) is 0.852. The Morgan fingerprint density at radius 3 is 2.55 bits per heavy atom. The van der Waals surface area contributed by atoms with Crippen molar-refractivity contribution in [3.05, 3.63) is 35.4 Å². The summed E-state index contributed by atoms with van der Waals surface area (Å²) >= 11 is 0. The minimum atomic E-state index is -0.791. The third-order valence-corrected chi connectivity index (χ3v) is 4.00. The summed E-state index contributed by atoms with van der Waals surface area (Å²) in [6, 6.07) is 7.09. The predicted octanol–water partition coefficient (Wildman–Crippen LogP) is 1.91. The molecule has 0 bridgehead atoms. The van der Waals surface area contributed by atoms with Gasteiger partial charge in [-0.1, -0.05) is 12.1 Å². The van der Waals surface area contributed by atoms with Crippen molar-refractivity contribution in [1.82, 2.24) is 4.90 Å². The van der Waals surface area contributed by atoms with Crippen molar-refractivity contribution in [2.45, 2.75) is 31.8 Å². The molecule has 1 aliphatic heterocycles. The van der Waals surface area contributed by atoms with Gasteiger partial charge in [-0.25, -0.2) is 4.79 Å². The number of carboxylic acid groups (broad SMARTS) is 1. The van der Waals surface area contributed by atoms with Crippen molar-refractivity contribution in [3.8, 4) is 0 Å². The molecule has 2 rings (SSSR count). The highest BCUT2D eigenvalue weighted by Crippen LogP contribution is 2.30. The Kier molecular flexibility index (Phi) is 4.09. The first kappa shape index (κ1) is 14.5. The molecule has 1 aromatic carbocycles. The van der Waals surface area contributed by atoms with E-state index in [9.17, 15) is 14.7 Å². The van der Waals surface area contributed by atoms with Crippen LogP contribution in [0.2, 0.25) is 0 Å². The summed E-state index contributed by atoms with van der Waals surface area (Å²) in [5.41, 5.74) is 0.701. The maximum atomic E-state index is 11.4. The summed E-state index contributed by atoms with van der Waals surface area (Å²) in [7, 11) is 1.35. The first-order valence-corrected chi connectivity index (χ1v) is 6.63. The number of esters is 1. The van der Waals surface area contributed by atoms with Gasteiger partial charge in [0, 0.05) is 6.54 Å². The van der Waals surface area contributed by atoms with Gasteiger partial charge in [-0.05, 0) is 44.0 Å².